The lowest BCUT2D eigenvalue weighted by molar-refractivity contribution is 0.340. The monoisotopic (exact) mass is 267 g/mol. The lowest BCUT2D eigenvalue weighted by Gasteiger charge is -2.13. The predicted octanol–water partition coefficient (Wildman–Crippen LogP) is 4.41. The average molecular weight is 267 g/mol. The number of hydrogen-bond donors (Lipinski definition) is 1. The Morgan fingerprint density at radius 2 is 1.90 bits per heavy atom. The van der Waals surface area contributed by atoms with Crippen molar-refractivity contribution < 1.29 is 4.74 Å². The second-order valence-electron chi connectivity index (χ2n) is 5.52. The van der Waals surface area contributed by atoms with Crippen LogP contribution in [0.5, 0.6) is 5.75 Å². The van der Waals surface area contributed by atoms with E-state index in [1.165, 1.54) is 27.9 Å². The lowest BCUT2D eigenvalue weighted by atomic mass is 10.0. The van der Waals surface area contributed by atoms with Gasteiger partial charge in [0.15, 0.2) is 0 Å². The van der Waals surface area contributed by atoms with Crippen molar-refractivity contribution in [2.75, 3.05) is 11.9 Å². The highest BCUT2D eigenvalue weighted by Crippen LogP contribution is 2.37. The summed E-state index contributed by atoms with van der Waals surface area (Å²) in [6.07, 6.45) is 1.06. The Morgan fingerprint density at radius 1 is 1.15 bits per heavy atom. The van der Waals surface area contributed by atoms with E-state index in [1.807, 2.05) is 6.92 Å². The van der Waals surface area contributed by atoms with Crippen LogP contribution in [0.25, 0.3) is 0 Å². The van der Waals surface area contributed by atoms with Crippen molar-refractivity contribution in [3.63, 3.8) is 0 Å². The van der Waals surface area contributed by atoms with Gasteiger partial charge in [0.25, 0.3) is 0 Å². The molecule has 0 aromatic heterocycles. The van der Waals surface area contributed by atoms with Crippen LogP contribution in [0.15, 0.2) is 36.4 Å². The number of fused-ring (bicyclic) bond motifs is 1. The molecule has 2 heteroatoms. The van der Waals surface area contributed by atoms with Crippen LogP contribution in [0.4, 0.5) is 5.69 Å². The molecule has 0 amide bonds. The third kappa shape index (κ3) is 2.38. The maximum atomic E-state index is 5.50. The summed E-state index contributed by atoms with van der Waals surface area (Å²) >= 11 is 0. The molecule has 1 aliphatic rings. The van der Waals surface area contributed by atoms with E-state index in [4.69, 9.17) is 4.74 Å². The first-order chi connectivity index (χ1) is 9.67. The van der Waals surface area contributed by atoms with Crippen LogP contribution in [-0.2, 0) is 6.42 Å². The summed E-state index contributed by atoms with van der Waals surface area (Å²) in [5.41, 5.74) is 6.75. The normalized spacial score (nSPS) is 16.6. The molecule has 0 saturated carbocycles. The van der Waals surface area contributed by atoms with E-state index in [9.17, 15) is 0 Å². The van der Waals surface area contributed by atoms with Gasteiger partial charge >= 0.3 is 0 Å². The molecule has 0 fully saturated rings. The fourth-order valence-corrected chi connectivity index (χ4v) is 3.03. The second-order valence-corrected chi connectivity index (χ2v) is 5.52. The van der Waals surface area contributed by atoms with Gasteiger partial charge in [0.1, 0.15) is 5.75 Å². The zero-order valence-electron chi connectivity index (χ0n) is 12.4. The van der Waals surface area contributed by atoms with E-state index in [0.717, 1.165) is 12.2 Å². The van der Waals surface area contributed by atoms with Crippen molar-refractivity contribution in [2.24, 2.45) is 0 Å². The third-order valence-corrected chi connectivity index (χ3v) is 3.90. The number of anilines is 1. The highest BCUT2D eigenvalue weighted by Gasteiger charge is 2.23. The van der Waals surface area contributed by atoms with Crippen molar-refractivity contribution in [3.05, 3.63) is 58.7 Å². The van der Waals surface area contributed by atoms with Gasteiger partial charge in [-0.3, -0.25) is 0 Å². The Bertz CT molecular complexity index is 616. The van der Waals surface area contributed by atoms with Gasteiger partial charge in [-0.25, -0.2) is 0 Å². The standard InChI is InChI=1S/C18H21NO/c1-4-20-16-7-5-14(6-8-16)17-11-15-10-12(2)9-13(3)18(15)19-17/h5-10,17,19H,4,11H2,1-3H3. The molecule has 0 spiro atoms. The molecule has 0 radical (unpaired) electrons. The number of nitrogens with one attached hydrogen (secondary N) is 1. The molecule has 2 aromatic rings. The molecule has 1 atom stereocenters. The summed E-state index contributed by atoms with van der Waals surface area (Å²) in [5, 5.41) is 3.66. The van der Waals surface area contributed by atoms with Gasteiger partial charge in [-0.15, -0.1) is 0 Å². The minimum Gasteiger partial charge on any atom is -0.494 e. The molecule has 1 heterocycles. The van der Waals surface area contributed by atoms with Crippen molar-refractivity contribution in [3.8, 4) is 5.75 Å². The van der Waals surface area contributed by atoms with Crippen LogP contribution >= 0.6 is 0 Å². The molecule has 104 valence electrons. The largest absolute Gasteiger partial charge is 0.494 e. The predicted molar refractivity (Wildman–Crippen MR) is 83.6 cm³/mol. The molecule has 2 nitrogen and oxygen atoms in total. The minimum atomic E-state index is 0.376. The molecule has 0 aliphatic carbocycles. The van der Waals surface area contributed by atoms with Crippen molar-refractivity contribution in [2.45, 2.75) is 33.2 Å². The summed E-state index contributed by atoms with van der Waals surface area (Å²) in [5.74, 6) is 0.943. The van der Waals surface area contributed by atoms with Gasteiger partial charge in [0.05, 0.1) is 12.6 Å². The zero-order chi connectivity index (χ0) is 14.1. The van der Waals surface area contributed by atoms with Crippen LogP contribution in [0.2, 0.25) is 0 Å². The quantitative estimate of drug-likeness (QED) is 0.889. The second kappa shape index (κ2) is 5.20. The number of ether oxygens (including phenoxy) is 1. The Balaban J connectivity index is 1.82. The maximum Gasteiger partial charge on any atom is 0.119 e. The van der Waals surface area contributed by atoms with Crippen LogP contribution in [0.3, 0.4) is 0 Å². The first kappa shape index (κ1) is 13.0. The first-order valence-electron chi connectivity index (χ1n) is 7.27. The molecule has 1 unspecified atom stereocenters. The van der Waals surface area contributed by atoms with Crippen molar-refractivity contribution >= 4 is 5.69 Å². The SMILES string of the molecule is CCOc1ccc(C2Cc3cc(C)cc(C)c3N2)cc1. The van der Waals surface area contributed by atoms with Gasteiger partial charge < -0.3 is 10.1 Å². The lowest BCUT2D eigenvalue weighted by Crippen LogP contribution is -2.05. The smallest absolute Gasteiger partial charge is 0.119 e. The fraction of sp³-hybridized carbons (Fsp3) is 0.333. The molecule has 3 rings (SSSR count). The Kier molecular flexibility index (Phi) is 3.39. The highest BCUT2D eigenvalue weighted by molar-refractivity contribution is 5.64. The van der Waals surface area contributed by atoms with Gasteiger partial charge in [0, 0.05) is 5.69 Å². The van der Waals surface area contributed by atoms with Crippen LogP contribution in [0.1, 0.15) is 35.2 Å². The van der Waals surface area contributed by atoms with E-state index < -0.39 is 0 Å². The van der Waals surface area contributed by atoms with Crippen molar-refractivity contribution in [1.29, 1.82) is 0 Å². The van der Waals surface area contributed by atoms with E-state index in [-0.39, 0.29) is 0 Å². The van der Waals surface area contributed by atoms with E-state index >= 15 is 0 Å². The van der Waals surface area contributed by atoms with Crippen LogP contribution in [0, 0.1) is 13.8 Å². The van der Waals surface area contributed by atoms with Gasteiger partial charge in [-0.2, -0.15) is 0 Å². The summed E-state index contributed by atoms with van der Waals surface area (Å²) in [6, 6.07) is 13.4. The Morgan fingerprint density at radius 3 is 2.60 bits per heavy atom. The van der Waals surface area contributed by atoms with Gasteiger partial charge in [-0.1, -0.05) is 29.8 Å². The maximum absolute atomic E-state index is 5.50. The summed E-state index contributed by atoms with van der Waals surface area (Å²) < 4.78 is 5.50. The molecular weight excluding hydrogens is 246 g/mol. The molecule has 1 N–H and O–H groups in total. The topological polar surface area (TPSA) is 21.3 Å². The third-order valence-electron chi connectivity index (χ3n) is 3.90. The van der Waals surface area contributed by atoms with Gasteiger partial charge in [0.2, 0.25) is 0 Å². The molecule has 0 saturated heterocycles. The summed E-state index contributed by atoms with van der Waals surface area (Å²) in [7, 11) is 0. The highest BCUT2D eigenvalue weighted by atomic mass is 16.5. The van der Waals surface area contributed by atoms with Crippen molar-refractivity contribution in [1.82, 2.24) is 0 Å². The molecule has 1 aliphatic heterocycles. The number of rotatable bonds is 3. The average Bonchev–Trinajstić information content (AvgIpc) is 2.84. The first-order valence-corrected chi connectivity index (χ1v) is 7.27. The van der Waals surface area contributed by atoms with E-state index in [1.54, 1.807) is 0 Å². The number of benzene rings is 2. The summed E-state index contributed by atoms with van der Waals surface area (Å²) in [4.78, 5) is 0. The Hall–Kier alpha value is -1.96. The van der Waals surface area contributed by atoms with Crippen LogP contribution in [-0.4, -0.2) is 6.61 Å². The molecule has 20 heavy (non-hydrogen) atoms. The van der Waals surface area contributed by atoms with E-state index in [0.29, 0.717) is 12.6 Å². The number of hydrogen-bond acceptors (Lipinski definition) is 2. The zero-order valence-corrected chi connectivity index (χ0v) is 12.4. The van der Waals surface area contributed by atoms with Crippen LogP contribution < -0.4 is 10.1 Å². The number of aryl methyl sites for hydroxylation is 2. The van der Waals surface area contributed by atoms with Gasteiger partial charge in [-0.05, 0) is 56.0 Å². The fourth-order valence-electron chi connectivity index (χ4n) is 3.03. The minimum absolute atomic E-state index is 0.376. The molecule has 0 bridgehead atoms. The molecular formula is C18H21NO. The van der Waals surface area contributed by atoms with E-state index in [2.05, 4.69) is 55.6 Å². The summed E-state index contributed by atoms with van der Waals surface area (Å²) in [6.45, 7) is 7.07. The molecule has 2 aromatic carbocycles. The Labute approximate surface area is 120 Å².